The molecule has 1 rings (SSSR count). The SMILES string of the molecule is O/N=C1/CCOC(S)C1. The maximum Gasteiger partial charge on any atom is 0.105 e. The van der Waals surface area contributed by atoms with Crippen molar-refractivity contribution in [1.29, 1.82) is 0 Å². The van der Waals surface area contributed by atoms with E-state index in [0.29, 0.717) is 13.0 Å². The topological polar surface area (TPSA) is 41.8 Å². The van der Waals surface area contributed by atoms with E-state index in [1.54, 1.807) is 0 Å². The molecular formula is C5H9NO2S. The minimum atomic E-state index is -0.0790. The number of ether oxygens (including phenoxy) is 1. The molecule has 1 aliphatic rings. The second-order valence-electron chi connectivity index (χ2n) is 1.95. The van der Waals surface area contributed by atoms with Gasteiger partial charge >= 0.3 is 0 Å². The third kappa shape index (κ3) is 1.87. The fourth-order valence-electron chi connectivity index (χ4n) is 0.766. The van der Waals surface area contributed by atoms with E-state index in [0.717, 1.165) is 12.1 Å². The molecule has 1 N–H and O–H groups in total. The molecule has 1 fully saturated rings. The average Bonchev–Trinajstić information content (AvgIpc) is 1.88. The zero-order valence-corrected chi connectivity index (χ0v) is 5.84. The lowest BCUT2D eigenvalue weighted by Crippen LogP contribution is -2.21. The predicted octanol–water partition coefficient (Wildman–Crippen LogP) is 0.883. The first-order valence-electron chi connectivity index (χ1n) is 2.82. The Hall–Kier alpha value is -0.220. The van der Waals surface area contributed by atoms with Gasteiger partial charge in [-0.15, -0.1) is 12.6 Å². The molecule has 0 bridgehead atoms. The fraction of sp³-hybridized carbons (Fsp3) is 0.800. The van der Waals surface area contributed by atoms with Crippen LogP contribution in [0.3, 0.4) is 0 Å². The minimum absolute atomic E-state index is 0.0790. The normalized spacial score (nSPS) is 33.0. The molecule has 4 heteroatoms. The number of nitrogens with zero attached hydrogens (tertiary/aromatic N) is 1. The van der Waals surface area contributed by atoms with Gasteiger partial charge in [-0.2, -0.15) is 0 Å². The van der Waals surface area contributed by atoms with Gasteiger partial charge in [0, 0.05) is 12.8 Å². The second kappa shape index (κ2) is 3.08. The molecule has 0 aromatic rings. The summed E-state index contributed by atoms with van der Waals surface area (Å²) in [6, 6.07) is 0. The molecule has 0 aromatic heterocycles. The number of thiol groups is 1. The standard InChI is InChI=1S/C5H9NO2S/c7-6-4-1-2-8-5(9)3-4/h5,7,9H,1-3H2/b6-4-. The van der Waals surface area contributed by atoms with E-state index in [1.165, 1.54) is 0 Å². The summed E-state index contributed by atoms with van der Waals surface area (Å²) in [6.45, 7) is 0.619. The third-order valence-electron chi connectivity index (χ3n) is 1.25. The number of hydrogen-bond donors (Lipinski definition) is 2. The number of rotatable bonds is 0. The average molecular weight is 147 g/mol. The molecule has 1 saturated heterocycles. The van der Waals surface area contributed by atoms with Gasteiger partial charge in [0.25, 0.3) is 0 Å². The highest BCUT2D eigenvalue weighted by atomic mass is 32.1. The molecule has 1 heterocycles. The summed E-state index contributed by atoms with van der Waals surface area (Å²) in [5, 5.41) is 11.4. The first-order valence-corrected chi connectivity index (χ1v) is 3.34. The lowest BCUT2D eigenvalue weighted by Gasteiger charge is -2.17. The number of hydrogen-bond acceptors (Lipinski definition) is 4. The fourth-order valence-corrected chi connectivity index (χ4v) is 1.08. The molecule has 1 aliphatic heterocycles. The van der Waals surface area contributed by atoms with Crippen LogP contribution in [0.5, 0.6) is 0 Å². The second-order valence-corrected chi connectivity index (χ2v) is 2.52. The van der Waals surface area contributed by atoms with Gasteiger partial charge in [0.15, 0.2) is 0 Å². The molecule has 1 unspecified atom stereocenters. The highest BCUT2D eigenvalue weighted by Crippen LogP contribution is 2.12. The Labute approximate surface area is 59.1 Å². The molecule has 3 nitrogen and oxygen atoms in total. The highest BCUT2D eigenvalue weighted by Gasteiger charge is 2.14. The minimum Gasteiger partial charge on any atom is -0.411 e. The summed E-state index contributed by atoms with van der Waals surface area (Å²) >= 11 is 4.06. The molecule has 9 heavy (non-hydrogen) atoms. The Kier molecular flexibility index (Phi) is 2.36. The molecule has 1 atom stereocenters. The van der Waals surface area contributed by atoms with E-state index in [2.05, 4.69) is 17.8 Å². The Morgan fingerprint density at radius 2 is 2.56 bits per heavy atom. The lowest BCUT2D eigenvalue weighted by atomic mass is 10.2. The van der Waals surface area contributed by atoms with Crippen molar-refractivity contribution in [3.8, 4) is 0 Å². The summed E-state index contributed by atoms with van der Waals surface area (Å²) in [5.74, 6) is 0. The van der Waals surface area contributed by atoms with Gasteiger partial charge in [-0.25, -0.2) is 0 Å². The van der Waals surface area contributed by atoms with Crippen molar-refractivity contribution in [3.05, 3.63) is 0 Å². The highest BCUT2D eigenvalue weighted by molar-refractivity contribution is 7.80. The molecular weight excluding hydrogens is 138 g/mol. The van der Waals surface area contributed by atoms with Crippen LogP contribution in [0.15, 0.2) is 5.16 Å². The van der Waals surface area contributed by atoms with E-state index >= 15 is 0 Å². The summed E-state index contributed by atoms with van der Waals surface area (Å²) < 4.78 is 5.08. The molecule has 0 aliphatic carbocycles. The van der Waals surface area contributed by atoms with Gasteiger partial charge in [-0.05, 0) is 0 Å². The summed E-state index contributed by atoms with van der Waals surface area (Å²) in [4.78, 5) is 0. The van der Waals surface area contributed by atoms with Crippen LogP contribution in [0.4, 0.5) is 0 Å². The van der Waals surface area contributed by atoms with Crippen LogP contribution in [-0.2, 0) is 4.74 Å². The van der Waals surface area contributed by atoms with Crippen molar-refractivity contribution in [1.82, 2.24) is 0 Å². The van der Waals surface area contributed by atoms with Crippen LogP contribution in [-0.4, -0.2) is 23.0 Å². The van der Waals surface area contributed by atoms with Crippen LogP contribution in [0.1, 0.15) is 12.8 Å². The molecule has 0 radical (unpaired) electrons. The van der Waals surface area contributed by atoms with E-state index in [9.17, 15) is 0 Å². The molecule has 52 valence electrons. The van der Waals surface area contributed by atoms with Crippen LogP contribution in [0.25, 0.3) is 0 Å². The third-order valence-corrected chi connectivity index (χ3v) is 1.58. The lowest BCUT2D eigenvalue weighted by molar-refractivity contribution is 0.109. The zero-order valence-electron chi connectivity index (χ0n) is 4.95. The van der Waals surface area contributed by atoms with Gasteiger partial charge in [0.05, 0.1) is 12.3 Å². The van der Waals surface area contributed by atoms with E-state index in [4.69, 9.17) is 9.94 Å². The Morgan fingerprint density at radius 3 is 3.00 bits per heavy atom. The quantitative estimate of drug-likeness (QED) is 0.303. The van der Waals surface area contributed by atoms with Crippen molar-refractivity contribution in [2.45, 2.75) is 18.3 Å². The Balaban J connectivity index is 2.41. The maximum atomic E-state index is 8.31. The van der Waals surface area contributed by atoms with Crippen molar-refractivity contribution in [3.63, 3.8) is 0 Å². The summed E-state index contributed by atoms with van der Waals surface area (Å²) in [7, 11) is 0. The van der Waals surface area contributed by atoms with Crippen LogP contribution in [0, 0.1) is 0 Å². The first kappa shape index (κ1) is 6.89. The maximum absolute atomic E-state index is 8.31. The Morgan fingerprint density at radius 1 is 1.78 bits per heavy atom. The smallest absolute Gasteiger partial charge is 0.105 e. The number of oxime groups is 1. The van der Waals surface area contributed by atoms with Gasteiger partial charge in [-0.1, -0.05) is 5.16 Å². The van der Waals surface area contributed by atoms with Gasteiger partial charge in [0.2, 0.25) is 0 Å². The first-order chi connectivity index (χ1) is 4.33. The monoisotopic (exact) mass is 147 g/mol. The van der Waals surface area contributed by atoms with E-state index in [1.807, 2.05) is 0 Å². The van der Waals surface area contributed by atoms with Gasteiger partial charge < -0.3 is 9.94 Å². The van der Waals surface area contributed by atoms with Gasteiger partial charge in [-0.3, -0.25) is 0 Å². The van der Waals surface area contributed by atoms with Crippen molar-refractivity contribution >= 4 is 18.3 Å². The summed E-state index contributed by atoms with van der Waals surface area (Å²) in [5.41, 5.74) is 0.700. The molecule has 0 saturated carbocycles. The largest absolute Gasteiger partial charge is 0.411 e. The van der Waals surface area contributed by atoms with Crippen LogP contribution in [0.2, 0.25) is 0 Å². The predicted molar refractivity (Wildman–Crippen MR) is 37.2 cm³/mol. The van der Waals surface area contributed by atoms with Crippen molar-refractivity contribution in [2.24, 2.45) is 5.16 Å². The molecule has 0 aromatic carbocycles. The van der Waals surface area contributed by atoms with Gasteiger partial charge in [0.1, 0.15) is 5.44 Å². The summed E-state index contributed by atoms with van der Waals surface area (Å²) in [6.07, 6.45) is 1.37. The van der Waals surface area contributed by atoms with Crippen molar-refractivity contribution in [2.75, 3.05) is 6.61 Å². The molecule has 0 amide bonds. The van der Waals surface area contributed by atoms with Crippen LogP contribution < -0.4 is 0 Å². The Bertz CT molecular complexity index is 126. The van der Waals surface area contributed by atoms with Crippen LogP contribution >= 0.6 is 12.6 Å². The van der Waals surface area contributed by atoms with E-state index in [-0.39, 0.29) is 5.44 Å². The van der Waals surface area contributed by atoms with E-state index < -0.39 is 0 Å². The zero-order chi connectivity index (χ0) is 6.69. The van der Waals surface area contributed by atoms with Crippen molar-refractivity contribution < 1.29 is 9.94 Å². The molecule has 0 spiro atoms.